The number of nitrogens with two attached hydrogens (primary N) is 1. The van der Waals surface area contributed by atoms with Gasteiger partial charge in [0.2, 0.25) is 5.95 Å². The second-order valence-electron chi connectivity index (χ2n) is 4.64. The van der Waals surface area contributed by atoms with Gasteiger partial charge in [-0.25, -0.2) is 9.78 Å². The van der Waals surface area contributed by atoms with Crippen LogP contribution in [0, 0.1) is 6.92 Å². The minimum Gasteiger partial charge on any atom is -0.369 e. The summed E-state index contributed by atoms with van der Waals surface area (Å²) in [5.41, 5.74) is 6.65. The fraction of sp³-hybridized carbons (Fsp3) is 0.214. The number of halogens is 2. The summed E-state index contributed by atoms with van der Waals surface area (Å²) in [7, 11) is 0. The average Bonchev–Trinajstić information content (AvgIpc) is 2.48. The lowest BCUT2D eigenvalue weighted by Gasteiger charge is -2.10. The topological polar surface area (TPSA) is 105 Å². The highest BCUT2D eigenvalue weighted by Gasteiger charge is 2.08. The molecule has 9 heteroatoms. The van der Waals surface area contributed by atoms with E-state index in [0.717, 1.165) is 0 Å². The minimum atomic E-state index is -0.487. The molecule has 0 bridgehead atoms. The van der Waals surface area contributed by atoms with Crippen LogP contribution in [0.1, 0.15) is 5.69 Å². The molecule has 0 fully saturated rings. The van der Waals surface area contributed by atoms with Crippen LogP contribution in [-0.4, -0.2) is 29.1 Å². The Morgan fingerprint density at radius 3 is 2.65 bits per heavy atom. The van der Waals surface area contributed by atoms with Crippen molar-refractivity contribution in [1.82, 2.24) is 9.97 Å². The van der Waals surface area contributed by atoms with Crippen LogP contribution in [0.3, 0.4) is 0 Å². The summed E-state index contributed by atoms with van der Waals surface area (Å²) in [6, 6.07) is 6.06. The first-order chi connectivity index (χ1) is 11.0. The third-order valence-corrected chi connectivity index (χ3v) is 3.45. The molecular weight excluding hydrogens is 339 g/mol. The quantitative estimate of drug-likeness (QED) is 0.660. The van der Waals surface area contributed by atoms with Gasteiger partial charge in [-0.05, 0) is 25.1 Å². The van der Waals surface area contributed by atoms with Gasteiger partial charge in [0.1, 0.15) is 5.82 Å². The number of urea groups is 1. The third-order valence-electron chi connectivity index (χ3n) is 2.71. The van der Waals surface area contributed by atoms with Crippen molar-refractivity contribution in [1.29, 1.82) is 0 Å². The number of carbonyl (C=O) groups excluding carboxylic acids is 1. The predicted octanol–water partition coefficient (Wildman–Crippen LogP) is 3.11. The van der Waals surface area contributed by atoms with E-state index in [9.17, 15) is 4.79 Å². The molecule has 0 atom stereocenters. The number of hydrogen-bond donors (Lipinski definition) is 4. The lowest BCUT2D eigenvalue weighted by atomic mass is 10.3. The number of rotatable bonds is 5. The number of carbonyl (C=O) groups is 1. The number of hydrogen-bond acceptors (Lipinski definition) is 5. The summed E-state index contributed by atoms with van der Waals surface area (Å²) in [5, 5.41) is 8.99. The van der Waals surface area contributed by atoms with Gasteiger partial charge in [0, 0.05) is 30.5 Å². The van der Waals surface area contributed by atoms with Crippen LogP contribution < -0.4 is 21.7 Å². The van der Waals surface area contributed by atoms with Crippen LogP contribution in [0.5, 0.6) is 0 Å². The Morgan fingerprint density at radius 1 is 1.17 bits per heavy atom. The van der Waals surface area contributed by atoms with Crippen LogP contribution in [0.4, 0.5) is 22.2 Å². The number of benzene rings is 1. The van der Waals surface area contributed by atoms with Gasteiger partial charge < -0.3 is 16.4 Å². The van der Waals surface area contributed by atoms with Crippen molar-refractivity contribution in [3.63, 3.8) is 0 Å². The van der Waals surface area contributed by atoms with E-state index in [2.05, 4.69) is 25.9 Å². The second-order valence-corrected chi connectivity index (χ2v) is 5.46. The number of nitrogens with zero attached hydrogens (tertiary/aromatic N) is 2. The van der Waals surface area contributed by atoms with Crippen LogP contribution >= 0.6 is 23.2 Å². The third kappa shape index (κ3) is 5.24. The Bertz CT molecular complexity index is 710. The summed E-state index contributed by atoms with van der Waals surface area (Å²) >= 11 is 11.7. The number of anilines is 3. The molecule has 0 aliphatic heterocycles. The van der Waals surface area contributed by atoms with E-state index in [0.29, 0.717) is 40.3 Å². The summed E-state index contributed by atoms with van der Waals surface area (Å²) in [5.74, 6) is 0.773. The Balaban J connectivity index is 2.04. The molecule has 0 saturated heterocycles. The highest BCUT2D eigenvalue weighted by atomic mass is 35.5. The average molecular weight is 355 g/mol. The van der Waals surface area contributed by atoms with Gasteiger partial charge >= 0.3 is 6.03 Å². The summed E-state index contributed by atoms with van der Waals surface area (Å²) in [4.78, 5) is 20.3. The molecule has 0 aliphatic carbocycles. The molecule has 2 amide bonds. The van der Waals surface area contributed by atoms with Gasteiger partial charge in [-0.1, -0.05) is 23.2 Å². The molecule has 0 unspecified atom stereocenters. The lowest BCUT2D eigenvalue weighted by Crippen LogP contribution is -2.22. The van der Waals surface area contributed by atoms with E-state index in [1.54, 1.807) is 31.2 Å². The highest BCUT2D eigenvalue weighted by molar-refractivity contribution is 6.42. The molecule has 7 nitrogen and oxygen atoms in total. The number of nitrogens with one attached hydrogen (secondary N) is 3. The molecule has 0 spiro atoms. The Hall–Kier alpha value is -2.09. The zero-order valence-electron chi connectivity index (χ0n) is 12.4. The molecule has 122 valence electrons. The van der Waals surface area contributed by atoms with Crippen molar-refractivity contribution >= 4 is 46.7 Å². The van der Waals surface area contributed by atoms with E-state index in [1.165, 1.54) is 0 Å². The van der Waals surface area contributed by atoms with E-state index in [1.807, 2.05) is 0 Å². The van der Waals surface area contributed by atoms with Crippen molar-refractivity contribution in [3.05, 3.63) is 40.0 Å². The molecule has 2 aromatic rings. The number of amides is 2. The largest absolute Gasteiger partial charge is 0.369 e. The highest BCUT2D eigenvalue weighted by Crippen LogP contribution is 2.25. The first kappa shape index (κ1) is 17.3. The smallest absolute Gasteiger partial charge is 0.326 e. The fourth-order valence-corrected chi connectivity index (χ4v) is 2.05. The molecule has 23 heavy (non-hydrogen) atoms. The van der Waals surface area contributed by atoms with E-state index < -0.39 is 6.03 Å². The van der Waals surface area contributed by atoms with Crippen molar-refractivity contribution in [2.75, 3.05) is 29.0 Å². The first-order valence-corrected chi connectivity index (χ1v) is 7.56. The van der Waals surface area contributed by atoms with Crippen molar-refractivity contribution in [2.45, 2.75) is 6.92 Å². The van der Waals surface area contributed by atoms with Crippen molar-refractivity contribution < 1.29 is 4.79 Å². The van der Waals surface area contributed by atoms with Gasteiger partial charge in [0.15, 0.2) is 0 Å². The SMILES string of the molecule is Cc1cc(NCCN)nc(NC(=O)Nc2ccc(Cl)c(Cl)c2)n1. The van der Waals surface area contributed by atoms with Crippen LogP contribution in [0.2, 0.25) is 10.0 Å². The van der Waals surface area contributed by atoms with E-state index >= 15 is 0 Å². The maximum absolute atomic E-state index is 12.0. The summed E-state index contributed by atoms with van der Waals surface area (Å²) in [6.07, 6.45) is 0. The molecule has 5 N–H and O–H groups in total. The van der Waals surface area contributed by atoms with E-state index in [4.69, 9.17) is 28.9 Å². The summed E-state index contributed by atoms with van der Waals surface area (Å²) in [6.45, 7) is 2.85. The normalized spacial score (nSPS) is 10.3. The Morgan fingerprint density at radius 2 is 1.96 bits per heavy atom. The minimum absolute atomic E-state index is 0.182. The zero-order chi connectivity index (χ0) is 16.8. The molecule has 0 aliphatic rings. The lowest BCUT2D eigenvalue weighted by molar-refractivity contribution is 0.262. The van der Waals surface area contributed by atoms with Crippen LogP contribution in [0.25, 0.3) is 0 Å². The van der Waals surface area contributed by atoms with Crippen LogP contribution in [-0.2, 0) is 0 Å². The number of aryl methyl sites for hydroxylation is 1. The molecule has 2 rings (SSSR count). The van der Waals surface area contributed by atoms with Gasteiger partial charge in [-0.2, -0.15) is 4.98 Å². The predicted molar refractivity (Wildman–Crippen MR) is 93.4 cm³/mol. The number of aromatic nitrogens is 2. The van der Waals surface area contributed by atoms with Crippen LogP contribution in [0.15, 0.2) is 24.3 Å². The summed E-state index contributed by atoms with van der Waals surface area (Å²) < 4.78 is 0. The monoisotopic (exact) mass is 354 g/mol. The first-order valence-electron chi connectivity index (χ1n) is 6.80. The van der Waals surface area contributed by atoms with Gasteiger partial charge in [0.05, 0.1) is 10.0 Å². The van der Waals surface area contributed by atoms with Gasteiger partial charge in [0.25, 0.3) is 0 Å². The molecule has 0 saturated carbocycles. The van der Waals surface area contributed by atoms with Gasteiger partial charge in [-0.3, -0.25) is 5.32 Å². The fourth-order valence-electron chi connectivity index (χ4n) is 1.75. The zero-order valence-corrected chi connectivity index (χ0v) is 13.9. The molecule has 1 heterocycles. The van der Waals surface area contributed by atoms with Crippen molar-refractivity contribution in [3.8, 4) is 0 Å². The maximum Gasteiger partial charge on any atom is 0.326 e. The van der Waals surface area contributed by atoms with Gasteiger partial charge in [-0.15, -0.1) is 0 Å². The van der Waals surface area contributed by atoms with Crippen molar-refractivity contribution in [2.24, 2.45) is 5.73 Å². The molecule has 1 aromatic carbocycles. The second kappa shape index (κ2) is 7.96. The van der Waals surface area contributed by atoms with E-state index in [-0.39, 0.29) is 5.95 Å². The Kier molecular flexibility index (Phi) is 5.97. The standard InChI is InChI=1S/C14H16Cl2N6O/c1-8-6-12(18-5-4-17)21-13(19-8)22-14(23)20-9-2-3-10(15)11(16)7-9/h2-3,6-7H,4-5,17H2,1H3,(H3,18,19,20,21,22,23). The molecular formula is C14H16Cl2N6O. The molecule has 1 aromatic heterocycles. The Labute approximate surface area is 143 Å². The molecule has 0 radical (unpaired) electrons. The maximum atomic E-state index is 12.0.